The number of carbonyl (C=O) groups excluding carboxylic acids is 3. The van der Waals surface area contributed by atoms with Gasteiger partial charge in [-0.05, 0) is 28.8 Å². The maximum absolute atomic E-state index is 13.5. The number of rotatable bonds is 9. The van der Waals surface area contributed by atoms with Gasteiger partial charge < -0.3 is 14.6 Å². The number of nitrogens with zero attached hydrogens (tertiary/aromatic N) is 1. The molecule has 2 atom stereocenters. The minimum atomic E-state index is -0.921. The molecule has 1 saturated heterocycles. The molecule has 3 aromatic carbocycles. The normalized spacial score (nSPS) is 18.8. The highest BCUT2D eigenvalue weighted by Crippen LogP contribution is 2.45. The van der Waals surface area contributed by atoms with Crippen molar-refractivity contribution in [2.45, 2.75) is 11.5 Å². The average Bonchev–Trinajstić information content (AvgIpc) is 2.95. The standard InChI is InChI=1S/C29H25NO6S/c31-16-21-18-37-28-24(23(32)17-35-22-14-8-3-9-15-22)27(33)30(28)25(21)29(34)36-26(19-10-4-1-5-11-19)20-12-6-2-7-13-20/h1-15,24,26,28,31H,16-18H2/t24?,28-/m0/s1. The smallest absolute Gasteiger partial charge is 0.356 e. The number of hydrogen-bond acceptors (Lipinski definition) is 7. The van der Waals surface area contributed by atoms with E-state index in [1.54, 1.807) is 24.3 Å². The van der Waals surface area contributed by atoms with E-state index in [9.17, 15) is 19.5 Å². The summed E-state index contributed by atoms with van der Waals surface area (Å²) in [6, 6.07) is 27.5. The molecule has 2 aliphatic rings. The van der Waals surface area contributed by atoms with Crippen LogP contribution in [0, 0.1) is 5.92 Å². The predicted molar refractivity (Wildman–Crippen MR) is 138 cm³/mol. The van der Waals surface area contributed by atoms with Gasteiger partial charge in [-0.2, -0.15) is 0 Å². The lowest BCUT2D eigenvalue weighted by Crippen LogP contribution is -2.64. The molecule has 3 aromatic rings. The first-order valence-corrected chi connectivity index (χ1v) is 12.9. The van der Waals surface area contributed by atoms with Gasteiger partial charge in [0.25, 0.3) is 0 Å². The number of thioether (sulfide) groups is 1. The zero-order valence-corrected chi connectivity index (χ0v) is 20.7. The van der Waals surface area contributed by atoms with Crippen molar-refractivity contribution in [1.82, 2.24) is 4.90 Å². The van der Waals surface area contributed by atoms with Crippen LogP contribution < -0.4 is 4.74 Å². The minimum absolute atomic E-state index is 0.0149. The van der Waals surface area contributed by atoms with Gasteiger partial charge in [0.1, 0.15) is 29.3 Å². The molecule has 1 amide bonds. The summed E-state index contributed by atoms with van der Waals surface area (Å²) in [6.45, 7) is -0.642. The average molecular weight is 516 g/mol. The summed E-state index contributed by atoms with van der Waals surface area (Å²) in [7, 11) is 0. The number of β-lactam (4-membered cyclic amide) rings is 1. The summed E-state index contributed by atoms with van der Waals surface area (Å²) >= 11 is 1.34. The number of aliphatic hydroxyl groups is 1. The highest BCUT2D eigenvalue weighted by Gasteiger charge is 2.56. The van der Waals surface area contributed by atoms with E-state index in [2.05, 4.69) is 0 Å². The second kappa shape index (κ2) is 11.0. The van der Waals surface area contributed by atoms with Gasteiger partial charge in [-0.25, -0.2) is 4.79 Å². The molecule has 1 N–H and O–H groups in total. The summed E-state index contributed by atoms with van der Waals surface area (Å²) in [5.41, 5.74) is 1.96. The van der Waals surface area contributed by atoms with Gasteiger partial charge in [-0.1, -0.05) is 78.9 Å². The quantitative estimate of drug-likeness (QED) is 0.264. The molecule has 1 fully saturated rings. The zero-order chi connectivity index (χ0) is 25.8. The van der Waals surface area contributed by atoms with Gasteiger partial charge in [0.15, 0.2) is 11.9 Å². The molecule has 8 heteroatoms. The van der Waals surface area contributed by atoms with E-state index in [4.69, 9.17) is 9.47 Å². The molecule has 1 unspecified atom stereocenters. The first kappa shape index (κ1) is 24.8. The number of ketones is 1. The molecule has 0 radical (unpaired) electrons. The van der Waals surface area contributed by atoms with Crippen LogP contribution in [0.3, 0.4) is 0 Å². The number of ether oxygens (including phenoxy) is 2. The number of esters is 1. The Bertz CT molecular complexity index is 1270. The van der Waals surface area contributed by atoms with Crippen LogP contribution in [-0.4, -0.2) is 52.0 Å². The Labute approximate surface area is 218 Å². The summed E-state index contributed by atoms with van der Waals surface area (Å²) in [5.74, 6) is -1.64. The minimum Gasteiger partial charge on any atom is -0.486 e. The largest absolute Gasteiger partial charge is 0.486 e. The maximum Gasteiger partial charge on any atom is 0.356 e. The molecule has 7 nitrogen and oxygen atoms in total. The third kappa shape index (κ3) is 5.03. The van der Waals surface area contributed by atoms with Crippen molar-refractivity contribution in [1.29, 1.82) is 0 Å². The van der Waals surface area contributed by atoms with Crippen molar-refractivity contribution in [3.63, 3.8) is 0 Å². The number of Topliss-reactive ketones (excluding diaryl/α,β-unsaturated/α-hetero) is 1. The third-order valence-electron chi connectivity index (χ3n) is 6.33. The molecule has 0 aromatic heterocycles. The lowest BCUT2D eigenvalue weighted by atomic mass is 9.91. The first-order valence-electron chi connectivity index (χ1n) is 11.9. The van der Waals surface area contributed by atoms with Crippen LogP contribution in [-0.2, 0) is 19.1 Å². The van der Waals surface area contributed by atoms with Crippen molar-refractivity contribution < 1.29 is 29.0 Å². The van der Waals surface area contributed by atoms with Crippen LogP contribution in [0.25, 0.3) is 0 Å². The van der Waals surface area contributed by atoms with E-state index in [-0.39, 0.29) is 18.1 Å². The zero-order valence-electron chi connectivity index (χ0n) is 19.9. The van der Waals surface area contributed by atoms with Crippen molar-refractivity contribution in [2.24, 2.45) is 5.92 Å². The summed E-state index contributed by atoms with van der Waals surface area (Å²) < 4.78 is 11.5. The van der Waals surface area contributed by atoms with Gasteiger partial charge in [0.2, 0.25) is 5.91 Å². The fraction of sp³-hybridized carbons (Fsp3) is 0.207. The molecular formula is C29H25NO6S. The van der Waals surface area contributed by atoms with Crippen molar-refractivity contribution in [3.8, 4) is 5.75 Å². The second-order valence-corrected chi connectivity index (χ2v) is 9.78. The van der Waals surface area contributed by atoms with Gasteiger partial charge >= 0.3 is 5.97 Å². The van der Waals surface area contributed by atoms with Crippen LogP contribution in [0.5, 0.6) is 5.75 Å². The first-order chi connectivity index (χ1) is 18.1. The van der Waals surface area contributed by atoms with Crippen LogP contribution in [0.1, 0.15) is 17.2 Å². The van der Waals surface area contributed by atoms with Gasteiger partial charge in [-0.3, -0.25) is 14.5 Å². The molecule has 188 valence electrons. The van der Waals surface area contributed by atoms with Crippen LogP contribution in [0.15, 0.2) is 102 Å². The maximum atomic E-state index is 13.5. The SMILES string of the molecule is O=C(OC(c1ccccc1)c1ccccc1)C1=C(CO)CS[C@H]2C(C(=O)COc3ccccc3)C(=O)N12. The summed E-state index contributed by atoms with van der Waals surface area (Å²) in [5, 5.41) is 9.42. The third-order valence-corrected chi connectivity index (χ3v) is 7.67. The molecule has 0 aliphatic carbocycles. The molecule has 5 rings (SSSR count). The lowest BCUT2D eigenvalue weighted by molar-refractivity contribution is -0.160. The Morgan fingerprint density at radius 3 is 2.05 bits per heavy atom. The van der Waals surface area contributed by atoms with Crippen LogP contribution in [0.4, 0.5) is 0 Å². The van der Waals surface area contributed by atoms with Crippen molar-refractivity contribution >= 4 is 29.4 Å². The predicted octanol–water partition coefficient (Wildman–Crippen LogP) is 3.75. The Morgan fingerprint density at radius 2 is 1.49 bits per heavy atom. The Morgan fingerprint density at radius 1 is 0.919 bits per heavy atom. The molecular weight excluding hydrogens is 490 g/mol. The molecule has 37 heavy (non-hydrogen) atoms. The van der Waals surface area contributed by atoms with E-state index in [0.29, 0.717) is 17.1 Å². The van der Waals surface area contributed by atoms with Crippen LogP contribution in [0.2, 0.25) is 0 Å². The Kier molecular flexibility index (Phi) is 7.39. The Balaban J connectivity index is 1.35. The van der Waals surface area contributed by atoms with Crippen molar-refractivity contribution in [3.05, 3.63) is 113 Å². The number of para-hydroxylation sites is 1. The fourth-order valence-corrected chi connectivity index (χ4v) is 5.88. The summed E-state index contributed by atoms with van der Waals surface area (Å²) in [4.78, 5) is 40.9. The molecule has 0 bridgehead atoms. The number of amides is 1. The van der Waals surface area contributed by atoms with E-state index in [0.717, 1.165) is 11.1 Å². The topological polar surface area (TPSA) is 93.1 Å². The molecule has 2 aliphatic heterocycles. The van der Waals surface area contributed by atoms with Gasteiger partial charge in [-0.15, -0.1) is 11.8 Å². The van der Waals surface area contributed by atoms with E-state index in [1.807, 2.05) is 66.7 Å². The molecule has 0 spiro atoms. The number of fused-ring (bicyclic) bond motifs is 1. The van der Waals surface area contributed by atoms with Gasteiger partial charge in [0, 0.05) is 5.75 Å². The van der Waals surface area contributed by atoms with E-state index < -0.39 is 35.9 Å². The molecule has 2 heterocycles. The number of benzene rings is 3. The number of aliphatic hydroxyl groups excluding tert-OH is 1. The number of hydrogen-bond donors (Lipinski definition) is 1. The van der Waals surface area contributed by atoms with E-state index >= 15 is 0 Å². The van der Waals surface area contributed by atoms with E-state index in [1.165, 1.54) is 16.7 Å². The highest BCUT2D eigenvalue weighted by molar-refractivity contribution is 8.00. The number of carbonyl (C=O) groups is 3. The fourth-order valence-electron chi connectivity index (χ4n) is 4.46. The Hall–Kier alpha value is -3.88. The van der Waals surface area contributed by atoms with Crippen LogP contribution >= 0.6 is 11.8 Å². The second-order valence-electron chi connectivity index (χ2n) is 8.67. The van der Waals surface area contributed by atoms with Gasteiger partial charge in [0.05, 0.1) is 6.61 Å². The lowest BCUT2D eigenvalue weighted by Gasteiger charge is -2.49. The molecule has 0 saturated carbocycles. The van der Waals surface area contributed by atoms with Crippen molar-refractivity contribution in [2.75, 3.05) is 19.0 Å². The summed E-state index contributed by atoms with van der Waals surface area (Å²) in [6.07, 6.45) is -0.705. The monoisotopic (exact) mass is 515 g/mol. The highest BCUT2D eigenvalue weighted by atomic mass is 32.2.